The quantitative estimate of drug-likeness (QED) is 0.649. The van der Waals surface area contributed by atoms with Gasteiger partial charge in [-0.2, -0.15) is 4.98 Å². The topological polar surface area (TPSA) is 94.2 Å². The van der Waals surface area contributed by atoms with E-state index in [4.69, 9.17) is 9.26 Å². The van der Waals surface area contributed by atoms with Crippen LogP contribution in [0.2, 0.25) is 0 Å². The van der Waals surface area contributed by atoms with E-state index in [1.54, 1.807) is 11.1 Å². The number of piperidine rings is 1. The van der Waals surface area contributed by atoms with Crippen LogP contribution in [0.5, 0.6) is 5.75 Å². The number of ether oxygens (including phenoxy) is 1. The van der Waals surface area contributed by atoms with Crippen molar-refractivity contribution in [2.45, 2.75) is 18.8 Å². The van der Waals surface area contributed by atoms with Gasteiger partial charge in [-0.05, 0) is 25.0 Å². The van der Waals surface area contributed by atoms with Crippen LogP contribution in [-0.4, -0.2) is 50.6 Å². The number of carbonyl (C=O) groups is 1. The summed E-state index contributed by atoms with van der Waals surface area (Å²) in [6.45, 7) is 0.610. The molecule has 0 bridgehead atoms. The summed E-state index contributed by atoms with van der Waals surface area (Å²) in [5.41, 5.74) is 0.477. The summed E-state index contributed by atoms with van der Waals surface area (Å²) in [5.74, 6) is -1.35. The summed E-state index contributed by atoms with van der Waals surface area (Å²) < 4.78 is 37.1. The fourth-order valence-electron chi connectivity index (χ4n) is 3.15. The van der Waals surface area contributed by atoms with Gasteiger partial charge in [-0.3, -0.25) is 9.78 Å². The van der Waals surface area contributed by atoms with Gasteiger partial charge in [-0.15, -0.1) is 0 Å². The first-order valence-corrected chi connectivity index (χ1v) is 9.06. The first-order valence-electron chi connectivity index (χ1n) is 9.06. The molecule has 1 aliphatic heterocycles. The van der Waals surface area contributed by atoms with Gasteiger partial charge in [0.25, 0.3) is 11.8 Å². The Morgan fingerprint density at radius 1 is 1.31 bits per heavy atom. The van der Waals surface area contributed by atoms with Gasteiger partial charge in [0.15, 0.2) is 24.0 Å². The largest absolute Gasteiger partial charge is 0.481 e. The normalized spacial score (nSPS) is 16.6. The number of carbonyl (C=O) groups excluding carboxylic acids is 1. The number of halogens is 2. The molecular formula is C19H17F2N5O3. The van der Waals surface area contributed by atoms with Gasteiger partial charge in [0, 0.05) is 37.5 Å². The van der Waals surface area contributed by atoms with Crippen molar-refractivity contribution in [2.75, 3.05) is 19.7 Å². The number of rotatable bonds is 5. The zero-order valence-corrected chi connectivity index (χ0v) is 15.3. The Kier molecular flexibility index (Phi) is 5.41. The number of hydrogen-bond donors (Lipinski definition) is 0. The Morgan fingerprint density at radius 3 is 3.00 bits per heavy atom. The van der Waals surface area contributed by atoms with Crippen molar-refractivity contribution in [3.05, 3.63) is 54.2 Å². The van der Waals surface area contributed by atoms with E-state index in [2.05, 4.69) is 20.1 Å². The van der Waals surface area contributed by atoms with Crippen LogP contribution in [0.1, 0.15) is 24.6 Å². The Balaban J connectivity index is 1.38. The molecule has 29 heavy (non-hydrogen) atoms. The molecule has 2 aromatic heterocycles. The molecule has 10 heteroatoms. The molecule has 1 atom stereocenters. The van der Waals surface area contributed by atoms with Crippen molar-refractivity contribution in [1.29, 1.82) is 0 Å². The Hall–Kier alpha value is -3.43. The van der Waals surface area contributed by atoms with E-state index in [0.717, 1.165) is 25.0 Å². The van der Waals surface area contributed by atoms with Gasteiger partial charge in [-0.25, -0.2) is 13.8 Å². The molecule has 0 N–H and O–H groups in total. The Morgan fingerprint density at radius 2 is 2.21 bits per heavy atom. The third kappa shape index (κ3) is 4.36. The molecule has 4 rings (SSSR count). The number of likely N-dealkylation sites (tertiary alicyclic amines) is 1. The van der Waals surface area contributed by atoms with Crippen LogP contribution >= 0.6 is 0 Å². The summed E-state index contributed by atoms with van der Waals surface area (Å²) in [5, 5.41) is 4.02. The van der Waals surface area contributed by atoms with Crippen molar-refractivity contribution in [3.63, 3.8) is 0 Å². The molecule has 1 aliphatic rings. The van der Waals surface area contributed by atoms with Crippen LogP contribution in [0, 0.1) is 11.6 Å². The molecule has 3 heterocycles. The van der Waals surface area contributed by atoms with Crippen LogP contribution in [0.15, 0.2) is 41.3 Å². The van der Waals surface area contributed by atoms with E-state index in [1.165, 1.54) is 12.4 Å². The van der Waals surface area contributed by atoms with Gasteiger partial charge in [-0.1, -0.05) is 5.16 Å². The fraction of sp³-hybridized carbons (Fsp3) is 0.316. The second-order valence-electron chi connectivity index (χ2n) is 6.59. The average Bonchev–Trinajstić information content (AvgIpc) is 3.24. The fourth-order valence-corrected chi connectivity index (χ4v) is 3.15. The zero-order valence-electron chi connectivity index (χ0n) is 15.3. The molecular weight excluding hydrogens is 384 g/mol. The van der Waals surface area contributed by atoms with E-state index in [1.807, 2.05) is 0 Å². The number of aromatic nitrogens is 4. The minimum Gasteiger partial charge on any atom is -0.481 e. The van der Waals surface area contributed by atoms with E-state index in [0.29, 0.717) is 30.7 Å². The zero-order chi connectivity index (χ0) is 20.2. The third-order valence-corrected chi connectivity index (χ3v) is 4.61. The maximum Gasteiger partial charge on any atom is 0.278 e. The second-order valence-corrected chi connectivity index (χ2v) is 6.59. The lowest BCUT2D eigenvalue weighted by Gasteiger charge is -2.31. The molecule has 0 spiro atoms. The number of amides is 1. The second kappa shape index (κ2) is 8.29. The monoisotopic (exact) mass is 401 g/mol. The number of benzene rings is 1. The molecule has 150 valence electrons. The van der Waals surface area contributed by atoms with Crippen LogP contribution in [0.3, 0.4) is 0 Å². The van der Waals surface area contributed by atoms with Crippen molar-refractivity contribution < 1.29 is 22.8 Å². The van der Waals surface area contributed by atoms with Gasteiger partial charge in [0.05, 0.1) is 6.20 Å². The lowest BCUT2D eigenvalue weighted by atomic mass is 9.97. The molecule has 3 aromatic rings. The summed E-state index contributed by atoms with van der Waals surface area (Å²) in [4.78, 5) is 26.6. The van der Waals surface area contributed by atoms with Crippen LogP contribution in [-0.2, 0) is 4.79 Å². The van der Waals surface area contributed by atoms with E-state index < -0.39 is 11.6 Å². The first-order chi connectivity index (χ1) is 14.1. The van der Waals surface area contributed by atoms with E-state index in [-0.39, 0.29) is 30.1 Å². The highest BCUT2D eigenvalue weighted by molar-refractivity contribution is 5.78. The van der Waals surface area contributed by atoms with Gasteiger partial charge in [0.1, 0.15) is 11.5 Å². The molecule has 1 unspecified atom stereocenters. The third-order valence-electron chi connectivity index (χ3n) is 4.61. The number of nitrogens with zero attached hydrogens (tertiary/aromatic N) is 5. The lowest BCUT2D eigenvalue weighted by Crippen LogP contribution is -2.41. The summed E-state index contributed by atoms with van der Waals surface area (Å²) in [6, 6.07) is 2.94. The summed E-state index contributed by atoms with van der Waals surface area (Å²) in [6.07, 6.45) is 6.17. The van der Waals surface area contributed by atoms with Gasteiger partial charge < -0.3 is 14.2 Å². The molecule has 0 radical (unpaired) electrons. The van der Waals surface area contributed by atoms with Crippen molar-refractivity contribution in [2.24, 2.45) is 0 Å². The maximum absolute atomic E-state index is 13.6. The predicted octanol–water partition coefficient (Wildman–Crippen LogP) is 2.59. The summed E-state index contributed by atoms with van der Waals surface area (Å²) >= 11 is 0. The van der Waals surface area contributed by atoms with Crippen LogP contribution in [0.4, 0.5) is 8.78 Å². The van der Waals surface area contributed by atoms with Crippen molar-refractivity contribution in [3.8, 4) is 17.3 Å². The molecule has 8 nitrogen and oxygen atoms in total. The minimum absolute atomic E-state index is 0.0931. The minimum atomic E-state index is -0.849. The standard InChI is InChI=1S/C19H17F2N5O3/c20-13-3-4-16(14(21)8-13)28-11-17(27)26-7-1-2-12(10-26)18-24-19(29-25-18)15-9-22-5-6-23-15/h3-6,8-9,12H,1-2,7,10-11H2. The summed E-state index contributed by atoms with van der Waals surface area (Å²) in [7, 11) is 0. The van der Waals surface area contributed by atoms with E-state index >= 15 is 0 Å². The molecule has 1 fully saturated rings. The van der Waals surface area contributed by atoms with Gasteiger partial charge >= 0.3 is 0 Å². The van der Waals surface area contributed by atoms with Gasteiger partial charge in [0.2, 0.25) is 0 Å². The van der Waals surface area contributed by atoms with Crippen LogP contribution < -0.4 is 4.74 Å². The Labute approximate surface area is 164 Å². The highest BCUT2D eigenvalue weighted by Gasteiger charge is 2.28. The molecule has 1 aromatic carbocycles. The molecule has 0 saturated carbocycles. The highest BCUT2D eigenvalue weighted by Crippen LogP contribution is 2.27. The number of hydrogen-bond acceptors (Lipinski definition) is 7. The average molecular weight is 401 g/mol. The van der Waals surface area contributed by atoms with Crippen molar-refractivity contribution >= 4 is 5.91 Å². The van der Waals surface area contributed by atoms with Crippen LogP contribution in [0.25, 0.3) is 11.6 Å². The predicted molar refractivity (Wildman–Crippen MR) is 95.7 cm³/mol. The smallest absolute Gasteiger partial charge is 0.278 e. The van der Waals surface area contributed by atoms with Crippen molar-refractivity contribution in [1.82, 2.24) is 25.0 Å². The maximum atomic E-state index is 13.6. The molecule has 1 amide bonds. The first kappa shape index (κ1) is 18.9. The SMILES string of the molecule is O=C(COc1ccc(F)cc1F)N1CCCC(c2noc(-c3cnccn3)n2)C1. The molecule has 0 aliphatic carbocycles. The molecule has 1 saturated heterocycles. The lowest BCUT2D eigenvalue weighted by molar-refractivity contribution is -0.134. The van der Waals surface area contributed by atoms with E-state index in [9.17, 15) is 13.6 Å². The Bertz CT molecular complexity index is 999. The highest BCUT2D eigenvalue weighted by atomic mass is 19.1.